The van der Waals surface area contributed by atoms with Crippen LogP contribution in [0.5, 0.6) is 11.5 Å². The summed E-state index contributed by atoms with van der Waals surface area (Å²) in [6.07, 6.45) is 0.463. The topological polar surface area (TPSA) is 90.7 Å². The second-order valence-electron chi connectivity index (χ2n) is 5.61. The zero-order chi connectivity index (χ0) is 18.2. The number of benzene rings is 2. The van der Waals surface area contributed by atoms with E-state index in [4.69, 9.17) is 38.4 Å². The van der Waals surface area contributed by atoms with Crippen molar-refractivity contribution >= 4 is 38.9 Å². The molecule has 0 amide bonds. The number of sulfonamides is 1. The molecular formula is C16H16Cl2N2O4S. The van der Waals surface area contributed by atoms with Gasteiger partial charge in [0.25, 0.3) is 10.0 Å². The van der Waals surface area contributed by atoms with Crippen LogP contribution in [0.3, 0.4) is 0 Å². The number of rotatable bonds is 4. The van der Waals surface area contributed by atoms with Crippen LogP contribution < -0.4 is 19.9 Å². The normalized spacial score (nSPS) is 16.7. The number of halogens is 2. The number of anilines is 1. The highest BCUT2D eigenvalue weighted by molar-refractivity contribution is 7.92. The predicted molar refractivity (Wildman–Crippen MR) is 97.4 cm³/mol. The Morgan fingerprint density at radius 3 is 2.56 bits per heavy atom. The van der Waals surface area contributed by atoms with Gasteiger partial charge in [-0.3, -0.25) is 4.72 Å². The van der Waals surface area contributed by atoms with E-state index in [-0.39, 0.29) is 29.0 Å². The first-order chi connectivity index (χ1) is 11.8. The lowest BCUT2D eigenvalue weighted by Gasteiger charge is -2.26. The molecule has 3 rings (SSSR count). The van der Waals surface area contributed by atoms with Gasteiger partial charge in [-0.15, -0.1) is 0 Å². The average Bonchev–Trinajstić information content (AvgIpc) is 2.52. The van der Waals surface area contributed by atoms with Crippen molar-refractivity contribution in [3.8, 4) is 11.5 Å². The van der Waals surface area contributed by atoms with Crippen molar-refractivity contribution in [3.63, 3.8) is 0 Å². The highest BCUT2D eigenvalue weighted by Crippen LogP contribution is 2.39. The van der Waals surface area contributed by atoms with Crippen LogP contribution in [0.15, 0.2) is 35.2 Å². The van der Waals surface area contributed by atoms with Crippen LogP contribution in [0.25, 0.3) is 0 Å². The van der Waals surface area contributed by atoms with Crippen molar-refractivity contribution in [2.45, 2.75) is 17.4 Å². The van der Waals surface area contributed by atoms with E-state index in [0.29, 0.717) is 27.8 Å². The number of hydrogen-bond acceptors (Lipinski definition) is 5. The molecule has 1 aliphatic rings. The summed E-state index contributed by atoms with van der Waals surface area (Å²) in [6, 6.07) is 7.25. The molecule has 0 saturated heterocycles. The maximum absolute atomic E-state index is 12.8. The van der Waals surface area contributed by atoms with Crippen LogP contribution >= 0.6 is 23.2 Å². The van der Waals surface area contributed by atoms with Crippen LogP contribution in [0.2, 0.25) is 10.0 Å². The Kier molecular flexibility index (Phi) is 5.02. The lowest BCUT2D eigenvalue weighted by atomic mass is 10.0. The average molecular weight is 403 g/mol. The highest BCUT2D eigenvalue weighted by atomic mass is 35.5. The molecule has 0 radical (unpaired) electrons. The fraction of sp³-hybridized carbons (Fsp3) is 0.250. The molecule has 134 valence electrons. The Hall–Kier alpha value is -1.67. The fourth-order valence-electron chi connectivity index (χ4n) is 2.68. The minimum absolute atomic E-state index is 0.00583. The van der Waals surface area contributed by atoms with Crippen molar-refractivity contribution in [2.75, 3.05) is 18.4 Å². The van der Waals surface area contributed by atoms with Gasteiger partial charge < -0.3 is 15.2 Å². The van der Waals surface area contributed by atoms with E-state index >= 15 is 0 Å². The van der Waals surface area contributed by atoms with Gasteiger partial charge in [-0.1, -0.05) is 23.2 Å². The van der Waals surface area contributed by atoms with Crippen LogP contribution in [0, 0.1) is 0 Å². The quantitative estimate of drug-likeness (QED) is 0.819. The highest BCUT2D eigenvalue weighted by Gasteiger charge is 2.29. The second-order valence-corrected chi connectivity index (χ2v) is 8.14. The van der Waals surface area contributed by atoms with Crippen molar-refractivity contribution in [1.29, 1.82) is 0 Å². The first kappa shape index (κ1) is 18.1. The lowest BCUT2D eigenvalue weighted by molar-refractivity contribution is 0.251. The van der Waals surface area contributed by atoms with Crippen LogP contribution in [-0.2, 0) is 16.4 Å². The Morgan fingerprint density at radius 1 is 1.24 bits per heavy atom. The van der Waals surface area contributed by atoms with Crippen molar-refractivity contribution in [1.82, 2.24) is 0 Å². The largest absolute Gasteiger partial charge is 0.496 e. The Bertz CT molecular complexity index is 898. The summed E-state index contributed by atoms with van der Waals surface area (Å²) >= 11 is 11.8. The SMILES string of the molecule is COc1ccc(S(=O)(=O)Nc2cc(Cl)cc(Cl)c2)c2c1C[C@@H](N)CO2. The van der Waals surface area contributed by atoms with Crippen molar-refractivity contribution in [2.24, 2.45) is 5.73 Å². The van der Waals surface area contributed by atoms with Crippen LogP contribution in [-0.4, -0.2) is 28.2 Å². The molecule has 0 aliphatic carbocycles. The van der Waals surface area contributed by atoms with E-state index in [9.17, 15) is 8.42 Å². The third-order valence-electron chi connectivity index (χ3n) is 3.71. The van der Waals surface area contributed by atoms with Gasteiger partial charge >= 0.3 is 0 Å². The zero-order valence-corrected chi connectivity index (χ0v) is 15.6. The van der Waals surface area contributed by atoms with Gasteiger partial charge in [0, 0.05) is 21.7 Å². The second kappa shape index (κ2) is 6.92. The number of hydrogen-bond donors (Lipinski definition) is 2. The van der Waals surface area contributed by atoms with E-state index in [1.807, 2.05) is 0 Å². The van der Waals surface area contributed by atoms with Gasteiger partial charge in [0.1, 0.15) is 23.0 Å². The molecular weight excluding hydrogens is 387 g/mol. The monoisotopic (exact) mass is 402 g/mol. The minimum atomic E-state index is -3.92. The summed E-state index contributed by atoms with van der Waals surface area (Å²) in [6.45, 7) is 0.228. The standard InChI is InChI=1S/C16H16Cl2N2O4S/c1-23-14-2-3-15(16-13(14)7-11(19)8-24-16)25(21,22)20-12-5-9(17)4-10(18)6-12/h2-6,11,20H,7-8,19H2,1H3/t11-/m1/s1. The molecule has 25 heavy (non-hydrogen) atoms. The summed E-state index contributed by atoms with van der Waals surface area (Å²) in [4.78, 5) is 0.00583. The Morgan fingerprint density at radius 2 is 1.92 bits per heavy atom. The molecule has 6 nitrogen and oxygen atoms in total. The van der Waals surface area contributed by atoms with Crippen molar-refractivity contribution in [3.05, 3.63) is 45.9 Å². The first-order valence-electron chi connectivity index (χ1n) is 7.37. The Labute approximate surface area is 155 Å². The molecule has 2 aromatic carbocycles. The molecule has 0 unspecified atom stereocenters. The maximum Gasteiger partial charge on any atom is 0.265 e. The molecule has 2 aromatic rings. The maximum atomic E-state index is 12.8. The van der Waals surface area contributed by atoms with Gasteiger partial charge in [0.05, 0.1) is 12.8 Å². The molecule has 0 saturated carbocycles. The van der Waals surface area contributed by atoms with E-state index in [1.54, 1.807) is 6.07 Å². The van der Waals surface area contributed by atoms with Crippen LogP contribution in [0.1, 0.15) is 5.56 Å². The molecule has 0 aromatic heterocycles. The summed E-state index contributed by atoms with van der Waals surface area (Å²) in [5.74, 6) is 0.788. The summed E-state index contributed by atoms with van der Waals surface area (Å²) in [5, 5.41) is 0.647. The molecule has 1 heterocycles. The van der Waals surface area contributed by atoms with Crippen molar-refractivity contribution < 1.29 is 17.9 Å². The number of fused-ring (bicyclic) bond motifs is 1. The number of nitrogens with one attached hydrogen (secondary N) is 1. The van der Waals surface area contributed by atoms with Gasteiger partial charge in [0.15, 0.2) is 0 Å². The lowest BCUT2D eigenvalue weighted by Crippen LogP contribution is -2.34. The molecule has 1 aliphatic heterocycles. The molecule has 0 fully saturated rings. The molecule has 0 bridgehead atoms. The Balaban J connectivity index is 2.04. The third kappa shape index (κ3) is 3.79. The number of ether oxygens (including phenoxy) is 2. The van der Waals surface area contributed by atoms with Gasteiger partial charge in [-0.05, 0) is 36.8 Å². The summed E-state index contributed by atoms with van der Waals surface area (Å²) in [5.41, 5.74) is 6.81. The number of methoxy groups -OCH3 is 1. The van der Waals surface area contributed by atoms with E-state index in [0.717, 1.165) is 0 Å². The zero-order valence-electron chi connectivity index (χ0n) is 13.3. The summed E-state index contributed by atoms with van der Waals surface area (Å²) < 4.78 is 39.0. The van der Waals surface area contributed by atoms with Gasteiger partial charge in [-0.2, -0.15) is 0 Å². The third-order valence-corrected chi connectivity index (χ3v) is 5.56. The molecule has 1 atom stereocenters. The summed E-state index contributed by atoms with van der Waals surface area (Å²) in [7, 11) is -2.41. The first-order valence-corrected chi connectivity index (χ1v) is 9.61. The molecule has 9 heteroatoms. The van der Waals surface area contributed by atoms with Gasteiger partial charge in [-0.25, -0.2) is 8.42 Å². The van der Waals surface area contributed by atoms with Gasteiger partial charge in [0.2, 0.25) is 0 Å². The predicted octanol–water partition coefficient (Wildman–Crippen LogP) is 3.07. The smallest absolute Gasteiger partial charge is 0.265 e. The molecule has 0 spiro atoms. The molecule has 3 N–H and O–H groups in total. The van der Waals surface area contributed by atoms with E-state index in [2.05, 4.69) is 4.72 Å². The van der Waals surface area contributed by atoms with E-state index < -0.39 is 10.0 Å². The van der Waals surface area contributed by atoms with Crippen LogP contribution in [0.4, 0.5) is 5.69 Å². The number of nitrogens with two attached hydrogens (primary N) is 1. The minimum Gasteiger partial charge on any atom is -0.496 e. The fourth-order valence-corrected chi connectivity index (χ4v) is 4.41. The van der Waals surface area contributed by atoms with E-state index in [1.165, 1.54) is 31.4 Å².